The first-order valence-corrected chi connectivity index (χ1v) is 7.27. The minimum absolute atomic E-state index is 0.148. The number of aliphatic hydroxyl groups is 1. The summed E-state index contributed by atoms with van der Waals surface area (Å²) in [6.07, 6.45) is -3.97. The maximum absolute atomic E-state index is 13.0. The van der Waals surface area contributed by atoms with Gasteiger partial charge in [-0.1, -0.05) is 18.2 Å². The zero-order chi connectivity index (χ0) is 17.5. The number of carbonyl (C=O) groups is 1. The second-order valence-corrected chi connectivity index (χ2v) is 5.72. The number of rotatable bonds is 2. The standard InChI is InChI=1S/C16H15F3N2O3/c1-24-12-8-20-11-5-3-2-4-10(11)13(12)14(22)21-7-6-15(23,9-21)16(17,18)19/h2-5,8,23H,6-7,9H2,1H3/t15-/m1/s1. The number of halogens is 3. The molecule has 1 aliphatic rings. The molecule has 0 radical (unpaired) electrons. The second kappa shape index (κ2) is 5.62. The van der Waals surface area contributed by atoms with Crippen molar-refractivity contribution in [2.45, 2.75) is 18.2 Å². The summed E-state index contributed by atoms with van der Waals surface area (Å²) in [5, 5.41) is 10.3. The predicted molar refractivity (Wildman–Crippen MR) is 79.8 cm³/mol. The zero-order valence-electron chi connectivity index (χ0n) is 12.8. The number of benzene rings is 1. The first-order valence-electron chi connectivity index (χ1n) is 7.27. The van der Waals surface area contributed by atoms with Gasteiger partial charge in [-0.05, 0) is 6.07 Å². The number of alkyl halides is 3. The van der Waals surface area contributed by atoms with E-state index in [1.807, 2.05) is 0 Å². The smallest absolute Gasteiger partial charge is 0.419 e. The molecular weight excluding hydrogens is 325 g/mol. The highest BCUT2D eigenvalue weighted by Gasteiger charge is 2.58. The van der Waals surface area contributed by atoms with Crippen LogP contribution in [0.15, 0.2) is 30.5 Å². The van der Waals surface area contributed by atoms with Crippen LogP contribution in [0, 0.1) is 0 Å². The number of para-hydroxylation sites is 1. The Morgan fingerprint density at radius 1 is 1.38 bits per heavy atom. The topological polar surface area (TPSA) is 62.7 Å². The molecule has 128 valence electrons. The van der Waals surface area contributed by atoms with Crippen molar-refractivity contribution in [2.75, 3.05) is 20.2 Å². The second-order valence-electron chi connectivity index (χ2n) is 5.72. The molecule has 5 nitrogen and oxygen atoms in total. The summed E-state index contributed by atoms with van der Waals surface area (Å²) in [5.41, 5.74) is -2.19. The van der Waals surface area contributed by atoms with Crippen molar-refractivity contribution in [1.29, 1.82) is 0 Å². The van der Waals surface area contributed by atoms with Gasteiger partial charge in [0.1, 0.15) is 0 Å². The fraction of sp³-hybridized carbons (Fsp3) is 0.375. The van der Waals surface area contributed by atoms with E-state index in [1.165, 1.54) is 13.3 Å². The molecular formula is C16H15F3N2O3. The summed E-state index contributed by atoms with van der Waals surface area (Å²) < 4.78 is 44.0. The Kier molecular flexibility index (Phi) is 3.87. The number of aromatic nitrogens is 1. The monoisotopic (exact) mass is 340 g/mol. The molecule has 1 atom stereocenters. The fourth-order valence-electron chi connectivity index (χ4n) is 2.86. The summed E-state index contributed by atoms with van der Waals surface area (Å²) in [4.78, 5) is 18.0. The van der Waals surface area contributed by atoms with Crippen molar-refractivity contribution >= 4 is 16.8 Å². The lowest BCUT2D eigenvalue weighted by molar-refractivity contribution is -0.253. The SMILES string of the molecule is COc1cnc2ccccc2c1C(=O)N1CC[C@](O)(C(F)(F)F)C1. The van der Waals surface area contributed by atoms with Gasteiger partial charge in [-0.25, -0.2) is 0 Å². The zero-order valence-corrected chi connectivity index (χ0v) is 12.8. The molecule has 3 rings (SSSR count). The number of pyridine rings is 1. The Hall–Kier alpha value is -2.35. The van der Waals surface area contributed by atoms with Crippen LogP contribution in [0.1, 0.15) is 16.8 Å². The number of ether oxygens (including phenoxy) is 1. The molecule has 1 aromatic carbocycles. The highest BCUT2D eigenvalue weighted by Crippen LogP contribution is 2.39. The fourth-order valence-corrected chi connectivity index (χ4v) is 2.86. The van der Waals surface area contributed by atoms with Crippen LogP contribution in [0.25, 0.3) is 10.9 Å². The maximum Gasteiger partial charge on any atom is 0.419 e. The third kappa shape index (κ3) is 2.56. The van der Waals surface area contributed by atoms with E-state index in [0.717, 1.165) is 4.90 Å². The number of hydrogen-bond acceptors (Lipinski definition) is 4. The van der Waals surface area contributed by atoms with Gasteiger partial charge in [0, 0.05) is 18.4 Å². The van der Waals surface area contributed by atoms with E-state index in [9.17, 15) is 23.1 Å². The maximum atomic E-state index is 13.0. The Morgan fingerprint density at radius 2 is 2.08 bits per heavy atom. The van der Waals surface area contributed by atoms with E-state index in [4.69, 9.17) is 4.74 Å². The number of methoxy groups -OCH3 is 1. The van der Waals surface area contributed by atoms with Gasteiger partial charge >= 0.3 is 6.18 Å². The van der Waals surface area contributed by atoms with Gasteiger partial charge < -0.3 is 14.7 Å². The molecule has 24 heavy (non-hydrogen) atoms. The summed E-state index contributed by atoms with van der Waals surface area (Å²) in [7, 11) is 1.36. The molecule has 1 aromatic heterocycles. The van der Waals surface area contributed by atoms with Gasteiger partial charge in [-0.3, -0.25) is 9.78 Å². The molecule has 2 heterocycles. The average molecular weight is 340 g/mol. The normalized spacial score (nSPS) is 21.3. The van der Waals surface area contributed by atoms with Gasteiger partial charge in [0.15, 0.2) is 11.4 Å². The summed E-state index contributed by atoms with van der Waals surface area (Å²) in [5.74, 6) is -0.438. The lowest BCUT2D eigenvalue weighted by atomic mass is 10.0. The summed E-state index contributed by atoms with van der Waals surface area (Å²) in [6, 6.07) is 6.80. The number of carbonyl (C=O) groups excluding carboxylic acids is 1. The molecule has 1 saturated heterocycles. The third-order valence-electron chi connectivity index (χ3n) is 4.24. The molecule has 0 saturated carbocycles. The molecule has 1 fully saturated rings. The van der Waals surface area contributed by atoms with Crippen molar-refractivity contribution < 1.29 is 27.8 Å². The van der Waals surface area contributed by atoms with E-state index < -0.39 is 30.7 Å². The van der Waals surface area contributed by atoms with Crippen molar-refractivity contribution in [3.63, 3.8) is 0 Å². The number of hydrogen-bond donors (Lipinski definition) is 1. The van der Waals surface area contributed by atoms with Crippen LogP contribution in [-0.4, -0.2) is 52.9 Å². The molecule has 1 aliphatic heterocycles. The Bertz CT molecular complexity index is 794. The summed E-state index contributed by atoms with van der Waals surface area (Å²) in [6.45, 7) is -0.982. The van der Waals surface area contributed by atoms with E-state index in [-0.39, 0.29) is 17.9 Å². The lowest BCUT2D eigenvalue weighted by Gasteiger charge is -2.26. The van der Waals surface area contributed by atoms with Gasteiger partial charge in [0.25, 0.3) is 5.91 Å². The molecule has 1 amide bonds. The highest BCUT2D eigenvalue weighted by atomic mass is 19.4. The number of fused-ring (bicyclic) bond motifs is 1. The molecule has 8 heteroatoms. The van der Waals surface area contributed by atoms with Gasteiger partial charge in [-0.2, -0.15) is 13.2 Å². The minimum atomic E-state index is -4.79. The van der Waals surface area contributed by atoms with E-state index >= 15 is 0 Å². The van der Waals surface area contributed by atoms with Crippen LogP contribution >= 0.6 is 0 Å². The van der Waals surface area contributed by atoms with E-state index in [2.05, 4.69) is 4.98 Å². The quantitative estimate of drug-likeness (QED) is 0.912. The number of β-amino-alcohol motifs (C(OH)–C–C–N with tert-alkyl or cyclic N) is 1. The number of amides is 1. The van der Waals surface area contributed by atoms with E-state index in [0.29, 0.717) is 10.9 Å². The minimum Gasteiger partial charge on any atom is -0.494 e. The van der Waals surface area contributed by atoms with E-state index in [1.54, 1.807) is 24.3 Å². The van der Waals surface area contributed by atoms with Gasteiger partial charge in [0.05, 0.1) is 30.9 Å². The number of nitrogens with zero attached hydrogens (tertiary/aromatic N) is 2. The average Bonchev–Trinajstić information content (AvgIpc) is 2.96. The molecule has 0 unspecified atom stereocenters. The Labute approximate surface area is 135 Å². The van der Waals surface area contributed by atoms with Crippen molar-refractivity contribution in [3.05, 3.63) is 36.0 Å². The highest BCUT2D eigenvalue weighted by molar-refractivity contribution is 6.08. The van der Waals surface area contributed by atoms with Crippen LogP contribution in [0.4, 0.5) is 13.2 Å². The van der Waals surface area contributed by atoms with Crippen LogP contribution in [-0.2, 0) is 0 Å². The third-order valence-corrected chi connectivity index (χ3v) is 4.24. The van der Waals surface area contributed by atoms with Crippen molar-refractivity contribution in [3.8, 4) is 5.75 Å². The molecule has 0 bridgehead atoms. The Morgan fingerprint density at radius 3 is 2.71 bits per heavy atom. The first-order chi connectivity index (χ1) is 11.3. The molecule has 0 aliphatic carbocycles. The van der Waals surface area contributed by atoms with Gasteiger partial charge in [-0.15, -0.1) is 0 Å². The van der Waals surface area contributed by atoms with Crippen molar-refractivity contribution in [2.24, 2.45) is 0 Å². The molecule has 0 spiro atoms. The summed E-state index contributed by atoms with van der Waals surface area (Å²) >= 11 is 0. The van der Waals surface area contributed by atoms with Crippen LogP contribution in [0.2, 0.25) is 0 Å². The van der Waals surface area contributed by atoms with Gasteiger partial charge in [0.2, 0.25) is 0 Å². The van der Waals surface area contributed by atoms with Crippen LogP contribution in [0.5, 0.6) is 5.75 Å². The molecule has 1 N–H and O–H groups in total. The van der Waals surface area contributed by atoms with Crippen LogP contribution < -0.4 is 4.74 Å². The number of likely N-dealkylation sites (tertiary alicyclic amines) is 1. The predicted octanol–water partition coefficient (Wildman–Crippen LogP) is 2.38. The first kappa shape index (κ1) is 16.5. The largest absolute Gasteiger partial charge is 0.494 e. The lowest BCUT2D eigenvalue weighted by Crippen LogP contribution is -2.48. The molecule has 2 aromatic rings. The van der Waals surface area contributed by atoms with Crippen molar-refractivity contribution in [1.82, 2.24) is 9.88 Å². The Balaban J connectivity index is 2.01. The van der Waals surface area contributed by atoms with Crippen LogP contribution in [0.3, 0.4) is 0 Å².